The third-order valence-corrected chi connectivity index (χ3v) is 10.8. The van der Waals surface area contributed by atoms with Crippen molar-refractivity contribution in [3.05, 3.63) is 82.9 Å². The van der Waals surface area contributed by atoms with E-state index in [0.29, 0.717) is 43.5 Å². The lowest BCUT2D eigenvalue weighted by atomic mass is 9.82. The van der Waals surface area contributed by atoms with E-state index in [4.69, 9.17) is 30.8 Å². The van der Waals surface area contributed by atoms with Crippen molar-refractivity contribution >= 4 is 58.3 Å². The van der Waals surface area contributed by atoms with Crippen LogP contribution in [-0.4, -0.2) is 65.8 Å². The van der Waals surface area contributed by atoms with E-state index in [0.717, 1.165) is 53.9 Å². The lowest BCUT2D eigenvalue weighted by Crippen LogP contribution is -2.62. The van der Waals surface area contributed by atoms with Gasteiger partial charge in [-0.15, -0.1) is 0 Å². The number of amidine groups is 1. The molecule has 3 aromatic rings. The molecule has 56 heavy (non-hydrogen) atoms. The molecule has 0 spiro atoms. The van der Waals surface area contributed by atoms with Crippen LogP contribution in [-0.2, 0) is 23.9 Å². The zero-order valence-electron chi connectivity index (χ0n) is 32.6. The number of aryl methyl sites for hydroxylation is 2. The highest BCUT2D eigenvalue weighted by molar-refractivity contribution is 6.35. The van der Waals surface area contributed by atoms with Gasteiger partial charge in [-0.1, -0.05) is 87.0 Å². The number of nitrogens with zero attached hydrogens (tertiary/aromatic N) is 3. The van der Waals surface area contributed by atoms with Gasteiger partial charge in [0.25, 0.3) is 11.8 Å². The van der Waals surface area contributed by atoms with Gasteiger partial charge in [-0.25, -0.2) is 9.69 Å². The topological polar surface area (TPSA) is 139 Å². The number of benzene rings is 3. The Bertz CT molecular complexity index is 1920. The smallest absolute Gasteiger partial charge is 0.418 e. The van der Waals surface area contributed by atoms with Gasteiger partial charge in [-0.3, -0.25) is 24.3 Å². The van der Waals surface area contributed by atoms with Crippen molar-refractivity contribution in [3.63, 3.8) is 0 Å². The van der Waals surface area contributed by atoms with Crippen LogP contribution in [0.2, 0.25) is 5.02 Å². The molecule has 4 amide bonds. The zero-order chi connectivity index (χ0) is 39.8. The van der Waals surface area contributed by atoms with E-state index >= 15 is 0 Å². The van der Waals surface area contributed by atoms with Crippen LogP contribution in [0.3, 0.4) is 0 Å². The predicted octanol–water partition coefficient (Wildman–Crippen LogP) is 8.79. The average molecular weight is 786 g/mol. The number of carbonyl (C=O) groups excluding carboxylic acids is 4. The van der Waals surface area contributed by atoms with Crippen LogP contribution in [0.5, 0.6) is 5.75 Å². The molecule has 0 radical (unpaired) electrons. The Kier molecular flexibility index (Phi) is 13.7. The fraction of sp³-hybridized carbons (Fsp3) is 0.465. The van der Waals surface area contributed by atoms with Gasteiger partial charge in [0.15, 0.2) is 12.1 Å². The van der Waals surface area contributed by atoms with E-state index in [-0.39, 0.29) is 35.1 Å². The lowest BCUT2D eigenvalue weighted by Gasteiger charge is -2.41. The second-order valence-electron chi connectivity index (χ2n) is 14.7. The van der Waals surface area contributed by atoms with E-state index in [1.807, 2.05) is 39.0 Å². The van der Waals surface area contributed by atoms with Crippen LogP contribution < -0.4 is 20.3 Å². The summed E-state index contributed by atoms with van der Waals surface area (Å²) in [4.78, 5) is 63.8. The SMILES string of the molecule is CCCCC(OCNc1ccc(Cl)c(NC(=O)C(C2=NC3CCCCC3C(=O)N2c2ccccc2)N2C(=O)OC(CCCC)C2=O)c1)Oc1ccc(C)cc1C. The molecule has 1 saturated heterocycles. The number of hydrogen-bond acceptors (Lipinski definition) is 9. The summed E-state index contributed by atoms with van der Waals surface area (Å²) in [7, 11) is 0. The number of ether oxygens (including phenoxy) is 3. The Morgan fingerprint density at radius 2 is 1.73 bits per heavy atom. The summed E-state index contributed by atoms with van der Waals surface area (Å²) in [6.45, 7) is 8.22. The van der Waals surface area contributed by atoms with Crippen molar-refractivity contribution in [2.75, 3.05) is 22.3 Å². The molecule has 2 fully saturated rings. The van der Waals surface area contributed by atoms with E-state index in [9.17, 15) is 19.2 Å². The molecule has 3 aliphatic rings. The minimum Gasteiger partial charge on any atom is -0.465 e. The summed E-state index contributed by atoms with van der Waals surface area (Å²) in [6, 6.07) is 17.9. The van der Waals surface area contributed by atoms with Gasteiger partial charge in [-0.05, 0) is 87.9 Å². The molecule has 298 valence electrons. The van der Waals surface area contributed by atoms with Gasteiger partial charge in [0.1, 0.15) is 18.3 Å². The maximum absolute atomic E-state index is 14.7. The Morgan fingerprint density at radius 1 is 0.964 bits per heavy atom. The van der Waals surface area contributed by atoms with Gasteiger partial charge < -0.3 is 24.8 Å². The number of halogens is 1. The number of nitrogens with one attached hydrogen (secondary N) is 2. The summed E-state index contributed by atoms with van der Waals surface area (Å²) < 4.78 is 17.9. The molecule has 12 nitrogen and oxygen atoms in total. The average Bonchev–Trinajstić information content (AvgIpc) is 3.47. The first kappa shape index (κ1) is 40.7. The van der Waals surface area contributed by atoms with Crippen LogP contribution in [0.15, 0.2) is 71.7 Å². The highest BCUT2D eigenvalue weighted by Gasteiger charge is 2.53. The molecule has 2 heterocycles. The van der Waals surface area contributed by atoms with Crippen molar-refractivity contribution < 1.29 is 33.4 Å². The van der Waals surface area contributed by atoms with Crippen LogP contribution >= 0.6 is 11.6 Å². The third kappa shape index (κ3) is 9.35. The molecule has 5 unspecified atom stereocenters. The van der Waals surface area contributed by atoms with Crippen LogP contribution in [0.1, 0.15) is 89.2 Å². The summed E-state index contributed by atoms with van der Waals surface area (Å²) in [5.74, 6) is -1.30. The van der Waals surface area contributed by atoms with Gasteiger partial charge in [0.05, 0.1) is 28.4 Å². The van der Waals surface area contributed by atoms with Crippen molar-refractivity contribution in [2.45, 2.75) is 116 Å². The fourth-order valence-electron chi connectivity index (χ4n) is 7.49. The van der Waals surface area contributed by atoms with Crippen molar-refractivity contribution in [3.8, 4) is 5.75 Å². The first-order valence-electron chi connectivity index (χ1n) is 19.8. The number of rotatable bonds is 17. The lowest BCUT2D eigenvalue weighted by molar-refractivity contribution is -0.134. The number of anilines is 3. The molecular weight excluding hydrogens is 734 g/mol. The Balaban J connectivity index is 1.27. The third-order valence-electron chi connectivity index (χ3n) is 10.5. The summed E-state index contributed by atoms with van der Waals surface area (Å²) in [5, 5.41) is 6.30. The van der Waals surface area contributed by atoms with Gasteiger partial charge >= 0.3 is 6.09 Å². The number of fused-ring (bicyclic) bond motifs is 1. The number of amides is 4. The van der Waals surface area contributed by atoms with Gasteiger partial charge in [0.2, 0.25) is 12.2 Å². The Labute approximate surface area is 333 Å². The molecule has 13 heteroatoms. The summed E-state index contributed by atoms with van der Waals surface area (Å²) >= 11 is 6.66. The molecule has 3 aromatic carbocycles. The highest BCUT2D eigenvalue weighted by atomic mass is 35.5. The van der Waals surface area contributed by atoms with E-state index in [2.05, 4.69) is 23.6 Å². The quantitative estimate of drug-likeness (QED) is 0.130. The number of aliphatic imine (C=N–C) groups is 1. The molecule has 6 rings (SSSR count). The normalized spacial score (nSPS) is 20.6. The first-order valence-corrected chi connectivity index (χ1v) is 20.2. The minimum absolute atomic E-state index is 0.0102. The standard InChI is InChI=1S/C43H52ClN5O7/c1-5-7-18-36-42(52)49(43(53)56-36)38(39-46-33-17-13-12-16-31(33)41(51)48(39)30-14-10-9-11-15-30)40(50)47-34-25-29(21-22-32(34)44)45-26-54-37(19-8-6-2)55-35-23-20-27(3)24-28(35)4/h9-11,14-15,20-25,31,33,36-38,45H,5-8,12-13,16-19,26H2,1-4H3,(H,47,50). The molecule has 1 saturated carbocycles. The largest absolute Gasteiger partial charge is 0.465 e. The van der Waals surface area contributed by atoms with Crippen LogP contribution in [0, 0.1) is 19.8 Å². The van der Waals surface area contributed by atoms with Crippen LogP contribution in [0.4, 0.5) is 21.9 Å². The molecule has 5 atom stereocenters. The number of unbranched alkanes of at least 4 members (excludes halogenated alkanes) is 2. The molecule has 0 aromatic heterocycles. The van der Waals surface area contributed by atoms with Gasteiger partial charge in [-0.2, -0.15) is 0 Å². The zero-order valence-corrected chi connectivity index (χ0v) is 33.3. The second kappa shape index (κ2) is 18.8. The number of hydrogen-bond donors (Lipinski definition) is 2. The Morgan fingerprint density at radius 3 is 2.48 bits per heavy atom. The van der Waals surface area contributed by atoms with E-state index < -0.39 is 42.4 Å². The monoisotopic (exact) mass is 785 g/mol. The predicted molar refractivity (Wildman–Crippen MR) is 217 cm³/mol. The maximum atomic E-state index is 14.7. The van der Waals surface area contributed by atoms with Crippen molar-refractivity contribution in [2.24, 2.45) is 10.9 Å². The van der Waals surface area contributed by atoms with Crippen LogP contribution in [0.25, 0.3) is 0 Å². The molecule has 2 aliphatic heterocycles. The van der Waals surface area contributed by atoms with Gasteiger partial charge in [0, 0.05) is 12.1 Å². The van der Waals surface area contributed by atoms with Crippen molar-refractivity contribution in [1.82, 2.24) is 4.90 Å². The summed E-state index contributed by atoms with van der Waals surface area (Å²) in [6.07, 6.45) is 4.85. The maximum Gasteiger partial charge on any atom is 0.418 e. The molecule has 1 aliphatic carbocycles. The number of carbonyl (C=O) groups is 4. The summed E-state index contributed by atoms with van der Waals surface area (Å²) in [5.41, 5.74) is 3.44. The number of para-hydroxylation sites is 1. The van der Waals surface area contributed by atoms with Crippen molar-refractivity contribution in [1.29, 1.82) is 0 Å². The second-order valence-corrected chi connectivity index (χ2v) is 15.1. The number of cyclic esters (lactones) is 1. The molecule has 0 bridgehead atoms. The minimum atomic E-state index is -1.63. The number of imide groups is 1. The first-order chi connectivity index (χ1) is 27.1. The molecular formula is C43H52ClN5O7. The fourth-order valence-corrected chi connectivity index (χ4v) is 7.65. The molecule has 2 N–H and O–H groups in total. The van der Waals surface area contributed by atoms with E-state index in [1.54, 1.807) is 42.5 Å². The Hall–Kier alpha value is -4.94. The van der Waals surface area contributed by atoms with E-state index in [1.165, 1.54) is 4.90 Å². The highest BCUT2D eigenvalue weighted by Crippen LogP contribution is 2.37.